The Morgan fingerprint density at radius 1 is 1.11 bits per heavy atom. The summed E-state index contributed by atoms with van der Waals surface area (Å²) in [5.41, 5.74) is 1.84. The number of benzene rings is 2. The standard InChI is InChI=1S/C19H13ClN4O3/c20-15-7-4-8-16(9-15)24-11-14(10-21-24)19(25)26-12-17-22-23-18(27-17)13-5-2-1-3-6-13/h1-11H,12H2. The zero-order valence-corrected chi connectivity index (χ0v) is 14.7. The van der Waals surface area contributed by atoms with Gasteiger partial charge in [-0.2, -0.15) is 5.10 Å². The fraction of sp³-hybridized carbons (Fsp3) is 0.0526. The molecule has 2 aromatic heterocycles. The quantitative estimate of drug-likeness (QED) is 0.488. The van der Waals surface area contributed by atoms with Crippen LogP contribution in [0.25, 0.3) is 17.1 Å². The molecule has 0 radical (unpaired) electrons. The first-order valence-corrected chi connectivity index (χ1v) is 8.42. The molecule has 0 bridgehead atoms. The Bertz CT molecular complexity index is 1080. The van der Waals surface area contributed by atoms with Crippen LogP contribution in [0.15, 0.2) is 71.4 Å². The highest BCUT2D eigenvalue weighted by molar-refractivity contribution is 6.30. The summed E-state index contributed by atoms with van der Waals surface area (Å²) >= 11 is 5.97. The van der Waals surface area contributed by atoms with E-state index in [4.69, 9.17) is 20.8 Å². The van der Waals surface area contributed by atoms with Crippen LogP contribution in [0.5, 0.6) is 0 Å². The van der Waals surface area contributed by atoms with Crippen molar-refractivity contribution in [1.82, 2.24) is 20.0 Å². The number of hydrogen-bond acceptors (Lipinski definition) is 6. The van der Waals surface area contributed by atoms with Gasteiger partial charge >= 0.3 is 5.97 Å². The molecule has 7 nitrogen and oxygen atoms in total. The fourth-order valence-electron chi connectivity index (χ4n) is 2.41. The molecule has 0 aliphatic carbocycles. The maximum absolute atomic E-state index is 12.2. The third-order valence-corrected chi connectivity index (χ3v) is 3.94. The van der Waals surface area contributed by atoms with Crippen molar-refractivity contribution in [1.29, 1.82) is 0 Å². The van der Waals surface area contributed by atoms with Crippen LogP contribution in [0.2, 0.25) is 5.02 Å². The first-order chi connectivity index (χ1) is 13.2. The number of esters is 1. The summed E-state index contributed by atoms with van der Waals surface area (Å²) in [6, 6.07) is 16.5. The number of rotatable bonds is 5. The van der Waals surface area contributed by atoms with Crippen LogP contribution in [-0.2, 0) is 11.3 Å². The summed E-state index contributed by atoms with van der Waals surface area (Å²) in [5.74, 6) is 0.0441. The molecule has 0 saturated heterocycles. The molecule has 0 spiro atoms. The Labute approximate surface area is 159 Å². The van der Waals surface area contributed by atoms with Gasteiger partial charge in [-0.05, 0) is 30.3 Å². The topological polar surface area (TPSA) is 83.0 Å². The molecule has 2 heterocycles. The summed E-state index contributed by atoms with van der Waals surface area (Å²) in [5, 5.41) is 12.6. The molecule has 4 aromatic rings. The predicted octanol–water partition coefficient (Wildman–Crippen LogP) is 3.93. The van der Waals surface area contributed by atoms with E-state index in [2.05, 4.69) is 15.3 Å². The number of halogens is 1. The van der Waals surface area contributed by atoms with Crippen molar-refractivity contribution in [2.75, 3.05) is 0 Å². The van der Waals surface area contributed by atoms with E-state index >= 15 is 0 Å². The summed E-state index contributed by atoms with van der Waals surface area (Å²) in [7, 11) is 0. The molecule has 0 fully saturated rings. The number of carbonyl (C=O) groups is 1. The average molecular weight is 381 g/mol. The number of nitrogens with zero attached hydrogens (tertiary/aromatic N) is 4. The van der Waals surface area contributed by atoms with Crippen LogP contribution in [0.1, 0.15) is 16.2 Å². The Kier molecular flexibility index (Phi) is 4.67. The van der Waals surface area contributed by atoms with Crippen molar-refractivity contribution < 1.29 is 13.9 Å². The second kappa shape index (κ2) is 7.43. The Morgan fingerprint density at radius 2 is 1.96 bits per heavy atom. The number of carbonyl (C=O) groups excluding carboxylic acids is 1. The fourth-order valence-corrected chi connectivity index (χ4v) is 2.59. The average Bonchev–Trinajstić information content (AvgIpc) is 3.37. The third kappa shape index (κ3) is 3.88. The first kappa shape index (κ1) is 17.0. The lowest BCUT2D eigenvalue weighted by atomic mass is 10.2. The largest absolute Gasteiger partial charge is 0.452 e. The SMILES string of the molecule is O=C(OCc1nnc(-c2ccccc2)o1)c1cnn(-c2cccc(Cl)c2)c1. The van der Waals surface area contributed by atoms with Gasteiger partial charge in [-0.15, -0.1) is 10.2 Å². The summed E-state index contributed by atoms with van der Waals surface area (Å²) < 4.78 is 12.3. The van der Waals surface area contributed by atoms with Gasteiger partial charge in [0, 0.05) is 16.8 Å². The molecule has 0 amide bonds. The normalized spacial score (nSPS) is 10.7. The Hall–Kier alpha value is -3.45. The predicted molar refractivity (Wildman–Crippen MR) is 97.4 cm³/mol. The van der Waals surface area contributed by atoms with Gasteiger partial charge in [0.2, 0.25) is 5.89 Å². The van der Waals surface area contributed by atoms with Crippen LogP contribution >= 0.6 is 11.6 Å². The number of aromatic nitrogens is 4. The molecule has 134 valence electrons. The lowest BCUT2D eigenvalue weighted by Crippen LogP contribution is -2.04. The lowest BCUT2D eigenvalue weighted by molar-refractivity contribution is 0.0438. The van der Waals surface area contributed by atoms with Gasteiger partial charge in [-0.25, -0.2) is 9.48 Å². The van der Waals surface area contributed by atoms with Gasteiger partial charge < -0.3 is 9.15 Å². The monoisotopic (exact) mass is 380 g/mol. The van der Waals surface area contributed by atoms with Gasteiger partial charge in [-0.1, -0.05) is 35.9 Å². The summed E-state index contributed by atoms with van der Waals surface area (Å²) in [6.07, 6.45) is 2.99. The van der Waals surface area contributed by atoms with Crippen molar-refractivity contribution in [3.8, 4) is 17.1 Å². The van der Waals surface area contributed by atoms with E-state index in [1.165, 1.54) is 6.20 Å². The zero-order chi connectivity index (χ0) is 18.6. The smallest absolute Gasteiger partial charge is 0.341 e. The lowest BCUT2D eigenvalue weighted by Gasteiger charge is -2.01. The summed E-state index contributed by atoms with van der Waals surface area (Å²) in [4.78, 5) is 12.2. The van der Waals surface area contributed by atoms with Crippen LogP contribution in [0, 0.1) is 0 Å². The van der Waals surface area contributed by atoms with Crippen molar-refractivity contribution in [2.24, 2.45) is 0 Å². The molecule has 27 heavy (non-hydrogen) atoms. The van der Waals surface area contributed by atoms with E-state index < -0.39 is 5.97 Å². The maximum atomic E-state index is 12.2. The molecule has 0 atom stereocenters. The molecule has 0 aliphatic heterocycles. The molecule has 0 aliphatic rings. The van der Waals surface area contributed by atoms with Crippen LogP contribution < -0.4 is 0 Å². The van der Waals surface area contributed by atoms with Crippen LogP contribution in [0.4, 0.5) is 0 Å². The zero-order valence-electron chi connectivity index (χ0n) is 13.9. The third-order valence-electron chi connectivity index (χ3n) is 3.71. The van der Waals surface area contributed by atoms with E-state index in [1.54, 1.807) is 29.1 Å². The van der Waals surface area contributed by atoms with Gasteiger partial charge in [0.05, 0.1) is 17.4 Å². The minimum absolute atomic E-state index is 0.124. The second-order valence-corrected chi connectivity index (χ2v) is 6.03. The molecule has 2 aromatic carbocycles. The van der Waals surface area contributed by atoms with Crippen molar-refractivity contribution in [3.63, 3.8) is 0 Å². The van der Waals surface area contributed by atoms with Crippen molar-refractivity contribution in [3.05, 3.63) is 83.5 Å². The van der Waals surface area contributed by atoms with E-state index in [0.29, 0.717) is 16.5 Å². The molecule has 4 rings (SSSR count). The van der Waals surface area contributed by atoms with Crippen LogP contribution in [0.3, 0.4) is 0 Å². The first-order valence-electron chi connectivity index (χ1n) is 8.04. The highest BCUT2D eigenvalue weighted by atomic mass is 35.5. The second-order valence-electron chi connectivity index (χ2n) is 5.60. The van der Waals surface area contributed by atoms with Gasteiger partial charge in [0.25, 0.3) is 5.89 Å². The molecule has 8 heteroatoms. The number of hydrogen-bond donors (Lipinski definition) is 0. The number of ether oxygens (including phenoxy) is 1. The van der Waals surface area contributed by atoms with Crippen LogP contribution in [-0.4, -0.2) is 25.9 Å². The van der Waals surface area contributed by atoms with E-state index in [-0.39, 0.29) is 12.5 Å². The maximum Gasteiger partial charge on any atom is 0.341 e. The van der Waals surface area contributed by atoms with Gasteiger partial charge in [-0.3, -0.25) is 0 Å². The Balaban J connectivity index is 1.41. The van der Waals surface area contributed by atoms with Crippen molar-refractivity contribution >= 4 is 17.6 Å². The minimum Gasteiger partial charge on any atom is -0.452 e. The molecule has 0 N–H and O–H groups in total. The highest BCUT2D eigenvalue weighted by Gasteiger charge is 2.14. The molecule has 0 unspecified atom stereocenters. The molecule has 0 saturated carbocycles. The van der Waals surface area contributed by atoms with Crippen molar-refractivity contribution in [2.45, 2.75) is 6.61 Å². The summed E-state index contributed by atoms with van der Waals surface area (Å²) in [6.45, 7) is -0.124. The molecular weight excluding hydrogens is 368 g/mol. The van der Waals surface area contributed by atoms with Gasteiger partial charge in [0.1, 0.15) is 0 Å². The van der Waals surface area contributed by atoms with Gasteiger partial charge in [0.15, 0.2) is 6.61 Å². The van der Waals surface area contributed by atoms with E-state index in [0.717, 1.165) is 11.3 Å². The van der Waals surface area contributed by atoms with E-state index in [9.17, 15) is 4.79 Å². The minimum atomic E-state index is -0.539. The highest BCUT2D eigenvalue weighted by Crippen LogP contribution is 2.18. The Morgan fingerprint density at radius 3 is 2.78 bits per heavy atom. The molecular formula is C19H13ClN4O3. The van der Waals surface area contributed by atoms with E-state index in [1.807, 2.05) is 36.4 Å².